The smallest absolute Gasteiger partial charge is 0.211 e. The molecule has 6 nitrogen and oxygen atoms in total. The monoisotopic (exact) mass is 366 g/mol. The summed E-state index contributed by atoms with van der Waals surface area (Å²) in [6.45, 7) is 4.10. The van der Waals surface area contributed by atoms with Gasteiger partial charge in [-0.2, -0.15) is 0 Å². The van der Waals surface area contributed by atoms with Gasteiger partial charge in [0, 0.05) is 6.54 Å². The van der Waals surface area contributed by atoms with E-state index in [1.165, 1.54) is 23.3 Å². The molecule has 0 saturated carbocycles. The van der Waals surface area contributed by atoms with Crippen LogP contribution in [0, 0.1) is 6.92 Å². The maximum atomic E-state index is 4.79. The Bertz CT molecular complexity index is 850. The SMILES string of the molecule is Cc1nnc(Nc2cncc([C@@H]3CCCN3CCc3ccccc3)n2)s1. The predicted octanol–water partition coefficient (Wildman–Crippen LogP) is 3.76. The van der Waals surface area contributed by atoms with E-state index in [4.69, 9.17) is 4.98 Å². The van der Waals surface area contributed by atoms with E-state index < -0.39 is 0 Å². The number of nitrogens with one attached hydrogen (secondary N) is 1. The van der Waals surface area contributed by atoms with Gasteiger partial charge >= 0.3 is 0 Å². The third kappa shape index (κ3) is 4.05. The Morgan fingerprint density at radius 2 is 2.08 bits per heavy atom. The summed E-state index contributed by atoms with van der Waals surface area (Å²) in [7, 11) is 0. The van der Waals surface area contributed by atoms with E-state index in [0.717, 1.165) is 47.6 Å². The minimum atomic E-state index is 0.337. The first-order valence-corrected chi connectivity index (χ1v) is 9.76. The van der Waals surface area contributed by atoms with Crippen LogP contribution < -0.4 is 5.32 Å². The van der Waals surface area contributed by atoms with Crippen molar-refractivity contribution in [2.45, 2.75) is 32.2 Å². The van der Waals surface area contributed by atoms with Crippen molar-refractivity contribution in [3.8, 4) is 0 Å². The van der Waals surface area contributed by atoms with Crippen molar-refractivity contribution in [2.24, 2.45) is 0 Å². The summed E-state index contributed by atoms with van der Waals surface area (Å²) in [5, 5.41) is 13.0. The summed E-state index contributed by atoms with van der Waals surface area (Å²) in [6, 6.07) is 11.0. The van der Waals surface area contributed by atoms with Crippen molar-refractivity contribution in [3.63, 3.8) is 0 Å². The van der Waals surface area contributed by atoms with Gasteiger partial charge < -0.3 is 5.32 Å². The topological polar surface area (TPSA) is 66.8 Å². The Labute approximate surface area is 157 Å². The number of likely N-dealkylation sites (tertiary alicyclic amines) is 1. The van der Waals surface area contributed by atoms with Crippen LogP contribution in [0.3, 0.4) is 0 Å². The molecule has 3 aromatic rings. The summed E-state index contributed by atoms with van der Waals surface area (Å²) in [5.41, 5.74) is 2.41. The van der Waals surface area contributed by atoms with Gasteiger partial charge in [-0.05, 0) is 38.3 Å². The maximum Gasteiger partial charge on any atom is 0.211 e. The zero-order chi connectivity index (χ0) is 17.8. The standard InChI is InChI=1S/C19H22N6S/c1-14-23-24-19(26-14)22-18-13-20-12-16(21-18)17-8-5-10-25(17)11-9-15-6-3-2-4-7-15/h2-4,6-7,12-13,17H,5,8-11H2,1H3,(H,21,22,24)/t17-/m0/s1. The van der Waals surface area contributed by atoms with E-state index in [0.29, 0.717) is 6.04 Å². The highest BCUT2D eigenvalue weighted by atomic mass is 32.1. The van der Waals surface area contributed by atoms with Crippen LogP contribution in [-0.2, 0) is 6.42 Å². The predicted molar refractivity (Wildman–Crippen MR) is 104 cm³/mol. The van der Waals surface area contributed by atoms with Crippen LogP contribution in [-0.4, -0.2) is 38.2 Å². The van der Waals surface area contributed by atoms with Gasteiger partial charge in [-0.1, -0.05) is 41.7 Å². The second-order valence-electron chi connectivity index (χ2n) is 6.51. The zero-order valence-corrected chi connectivity index (χ0v) is 15.6. The second kappa shape index (κ2) is 7.88. The van der Waals surface area contributed by atoms with E-state index in [2.05, 4.69) is 55.7 Å². The van der Waals surface area contributed by atoms with Crippen LogP contribution in [0.5, 0.6) is 0 Å². The van der Waals surface area contributed by atoms with Gasteiger partial charge in [0.2, 0.25) is 5.13 Å². The number of hydrogen-bond acceptors (Lipinski definition) is 7. The molecule has 0 aliphatic carbocycles. The molecule has 1 aromatic carbocycles. The molecule has 0 radical (unpaired) electrons. The van der Waals surface area contributed by atoms with Crippen LogP contribution in [0.15, 0.2) is 42.7 Å². The molecule has 134 valence electrons. The zero-order valence-electron chi connectivity index (χ0n) is 14.8. The molecule has 0 spiro atoms. The lowest BCUT2D eigenvalue weighted by atomic mass is 10.1. The third-order valence-electron chi connectivity index (χ3n) is 4.65. The first-order valence-electron chi connectivity index (χ1n) is 8.95. The van der Waals surface area contributed by atoms with E-state index in [9.17, 15) is 0 Å². The number of aromatic nitrogens is 4. The number of aryl methyl sites for hydroxylation is 1. The summed E-state index contributed by atoms with van der Waals surface area (Å²) >= 11 is 1.52. The first kappa shape index (κ1) is 17.1. The van der Waals surface area contributed by atoms with Crippen molar-refractivity contribution < 1.29 is 0 Å². The van der Waals surface area contributed by atoms with E-state index in [1.807, 2.05) is 13.1 Å². The number of hydrogen-bond donors (Lipinski definition) is 1. The van der Waals surface area contributed by atoms with Crippen molar-refractivity contribution in [1.82, 2.24) is 25.1 Å². The summed E-state index contributed by atoms with van der Waals surface area (Å²) in [5.74, 6) is 0.730. The average Bonchev–Trinajstić information content (AvgIpc) is 3.30. The molecule has 1 fully saturated rings. The molecular weight excluding hydrogens is 344 g/mol. The van der Waals surface area contributed by atoms with Crippen LogP contribution in [0.2, 0.25) is 0 Å². The highest BCUT2D eigenvalue weighted by Gasteiger charge is 2.27. The molecule has 0 unspecified atom stereocenters. The van der Waals surface area contributed by atoms with E-state index in [-0.39, 0.29) is 0 Å². The highest BCUT2D eigenvalue weighted by molar-refractivity contribution is 7.15. The Kier molecular flexibility index (Phi) is 5.17. The van der Waals surface area contributed by atoms with Crippen LogP contribution in [0.25, 0.3) is 0 Å². The van der Waals surface area contributed by atoms with Gasteiger partial charge in [0.15, 0.2) is 5.82 Å². The van der Waals surface area contributed by atoms with Gasteiger partial charge in [0.1, 0.15) is 5.01 Å². The van der Waals surface area contributed by atoms with Gasteiger partial charge in [-0.25, -0.2) is 4.98 Å². The summed E-state index contributed by atoms with van der Waals surface area (Å²) in [4.78, 5) is 11.7. The molecule has 7 heteroatoms. The Hall–Kier alpha value is -2.38. The van der Waals surface area contributed by atoms with Crippen molar-refractivity contribution >= 4 is 22.3 Å². The van der Waals surface area contributed by atoms with E-state index >= 15 is 0 Å². The van der Waals surface area contributed by atoms with Crippen LogP contribution >= 0.6 is 11.3 Å². The average molecular weight is 366 g/mol. The van der Waals surface area contributed by atoms with Gasteiger partial charge in [0.05, 0.1) is 24.1 Å². The molecular formula is C19H22N6S. The molecule has 1 aliphatic rings. The Morgan fingerprint density at radius 3 is 2.88 bits per heavy atom. The molecule has 1 saturated heterocycles. The fourth-order valence-electron chi connectivity index (χ4n) is 3.40. The first-order chi connectivity index (χ1) is 12.8. The van der Waals surface area contributed by atoms with E-state index in [1.54, 1.807) is 6.20 Å². The van der Waals surface area contributed by atoms with Gasteiger partial charge in [0.25, 0.3) is 0 Å². The lowest BCUT2D eigenvalue weighted by Gasteiger charge is -2.24. The molecule has 1 aliphatic heterocycles. The number of anilines is 2. The molecule has 0 bridgehead atoms. The highest BCUT2D eigenvalue weighted by Crippen LogP contribution is 2.31. The van der Waals surface area contributed by atoms with Crippen LogP contribution in [0.1, 0.15) is 35.1 Å². The minimum Gasteiger partial charge on any atom is -0.313 e. The lowest BCUT2D eigenvalue weighted by molar-refractivity contribution is 0.256. The molecule has 3 heterocycles. The normalized spacial score (nSPS) is 17.5. The van der Waals surface area contributed by atoms with Crippen LogP contribution in [0.4, 0.5) is 10.9 Å². The molecule has 2 aromatic heterocycles. The van der Waals surface area contributed by atoms with Crippen molar-refractivity contribution in [2.75, 3.05) is 18.4 Å². The summed E-state index contributed by atoms with van der Waals surface area (Å²) < 4.78 is 0. The van der Waals surface area contributed by atoms with Crippen molar-refractivity contribution in [1.29, 1.82) is 0 Å². The molecule has 4 rings (SSSR count). The van der Waals surface area contributed by atoms with Crippen molar-refractivity contribution in [3.05, 3.63) is 59.0 Å². The minimum absolute atomic E-state index is 0.337. The molecule has 1 atom stereocenters. The fraction of sp³-hybridized carbons (Fsp3) is 0.368. The number of nitrogens with zero attached hydrogens (tertiary/aromatic N) is 5. The Morgan fingerprint density at radius 1 is 1.19 bits per heavy atom. The quantitative estimate of drug-likeness (QED) is 0.716. The fourth-order valence-corrected chi connectivity index (χ4v) is 4.00. The van der Waals surface area contributed by atoms with Gasteiger partial charge in [-0.3, -0.25) is 9.88 Å². The number of rotatable bonds is 6. The maximum absolute atomic E-state index is 4.79. The second-order valence-corrected chi connectivity index (χ2v) is 7.69. The third-order valence-corrected chi connectivity index (χ3v) is 5.40. The lowest BCUT2D eigenvalue weighted by Crippen LogP contribution is -2.26. The Balaban J connectivity index is 1.44. The molecule has 0 amide bonds. The summed E-state index contributed by atoms with van der Waals surface area (Å²) in [6.07, 6.45) is 7.03. The molecule has 1 N–H and O–H groups in total. The number of benzene rings is 1. The van der Waals surface area contributed by atoms with Gasteiger partial charge in [-0.15, -0.1) is 10.2 Å². The largest absolute Gasteiger partial charge is 0.313 e. The molecule has 26 heavy (non-hydrogen) atoms.